The van der Waals surface area contributed by atoms with Crippen molar-refractivity contribution in [1.29, 1.82) is 5.26 Å². The lowest BCUT2D eigenvalue weighted by Gasteiger charge is -2.31. The Morgan fingerprint density at radius 1 is 1.44 bits per heavy atom. The van der Waals surface area contributed by atoms with Crippen LogP contribution in [-0.4, -0.2) is 20.6 Å². The zero-order valence-electron chi connectivity index (χ0n) is 11.2. The van der Waals surface area contributed by atoms with Crippen LogP contribution in [0.25, 0.3) is 0 Å². The maximum Gasteiger partial charge on any atom is 0.101 e. The van der Waals surface area contributed by atoms with E-state index in [9.17, 15) is 5.26 Å². The first-order chi connectivity index (χ1) is 8.74. The molecular formula is C15H21N3. The van der Waals surface area contributed by atoms with Gasteiger partial charge < -0.3 is 10.2 Å². The van der Waals surface area contributed by atoms with Crippen LogP contribution in [0.1, 0.15) is 30.4 Å². The average Bonchev–Trinajstić information content (AvgIpc) is 2.33. The molecule has 1 aromatic carbocycles. The van der Waals surface area contributed by atoms with Crippen LogP contribution < -0.4 is 10.2 Å². The van der Waals surface area contributed by atoms with Crippen molar-refractivity contribution in [3.8, 4) is 6.07 Å². The molecule has 1 fully saturated rings. The Morgan fingerprint density at radius 2 is 2.22 bits per heavy atom. The third-order valence-electron chi connectivity index (χ3n) is 3.73. The lowest BCUT2D eigenvalue weighted by Crippen LogP contribution is -2.29. The summed E-state index contributed by atoms with van der Waals surface area (Å²) >= 11 is 0. The molecule has 0 amide bonds. The fourth-order valence-electron chi connectivity index (χ4n) is 2.48. The molecule has 3 heteroatoms. The highest BCUT2D eigenvalue weighted by molar-refractivity contribution is 5.60. The van der Waals surface area contributed by atoms with E-state index in [-0.39, 0.29) is 0 Å². The van der Waals surface area contributed by atoms with Crippen LogP contribution in [0.3, 0.4) is 0 Å². The van der Waals surface area contributed by atoms with E-state index in [1.54, 1.807) is 0 Å². The molecule has 0 radical (unpaired) electrons. The lowest BCUT2D eigenvalue weighted by atomic mass is 9.85. The third kappa shape index (κ3) is 2.83. The van der Waals surface area contributed by atoms with Gasteiger partial charge in [0.25, 0.3) is 0 Å². The Bertz CT molecular complexity index is 444. The monoisotopic (exact) mass is 243 g/mol. The second-order valence-electron chi connectivity index (χ2n) is 5.17. The first-order valence-electron chi connectivity index (χ1n) is 6.63. The number of nitrogens with one attached hydrogen (secondary N) is 1. The molecule has 0 spiro atoms. The van der Waals surface area contributed by atoms with E-state index in [1.165, 1.54) is 19.3 Å². The van der Waals surface area contributed by atoms with Crippen molar-refractivity contribution >= 4 is 5.69 Å². The summed E-state index contributed by atoms with van der Waals surface area (Å²) in [4.78, 5) is 2.23. The number of nitrogens with zero attached hydrogens (tertiary/aromatic N) is 2. The molecule has 0 heterocycles. The second kappa shape index (κ2) is 5.88. The van der Waals surface area contributed by atoms with Gasteiger partial charge in [-0.15, -0.1) is 0 Å². The molecular weight excluding hydrogens is 222 g/mol. The van der Waals surface area contributed by atoms with Gasteiger partial charge in [-0.05, 0) is 43.5 Å². The van der Waals surface area contributed by atoms with Gasteiger partial charge in [0.2, 0.25) is 0 Å². The van der Waals surface area contributed by atoms with E-state index >= 15 is 0 Å². The minimum absolute atomic E-state index is 0.782. The van der Waals surface area contributed by atoms with Gasteiger partial charge in [-0.25, -0.2) is 0 Å². The van der Waals surface area contributed by atoms with Gasteiger partial charge in [0.15, 0.2) is 0 Å². The minimum Gasteiger partial charge on any atom is -0.373 e. The van der Waals surface area contributed by atoms with Crippen molar-refractivity contribution in [2.75, 3.05) is 25.5 Å². The molecule has 0 bridgehead atoms. The number of hydrogen-bond acceptors (Lipinski definition) is 3. The Labute approximate surface area is 109 Å². The van der Waals surface area contributed by atoms with Crippen LogP contribution in [-0.2, 0) is 6.54 Å². The molecule has 1 aliphatic rings. The van der Waals surface area contributed by atoms with Crippen molar-refractivity contribution in [2.24, 2.45) is 5.92 Å². The topological polar surface area (TPSA) is 39.1 Å². The van der Waals surface area contributed by atoms with Crippen molar-refractivity contribution in [3.05, 3.63) is 29.3 Å². The first kappa shape index (κ1) is 12.9. The van der Waals surface area contributed by atoms with Crippen molar-refractivity contribution in [1.82, 2.24) is 5.32 Å². The van der Waals surface area contributed by atoms with Crippen LogP contribution in [0.2, 0.25) is 0 Å². The number of anilines is 1. The van der Waals surface area contributed by atoms with E-state index in [0.29, 0.717) is 0 Å². The average molecular weight is 243 g/mol. The van der Waals surface area contributed by atoms with Gasteiger partial charge in [0, 0.05) is 20.1 Å². The van der Waals surface area contributed by atoms with E-state index in [4.69, 9.17) is 0 Å². The van der Waals surface area contributed by atoms with Crippen LogP contribution >= 0.6 is 0 Å². The molecule has 0 aromatic heterocycles. The van der Waals surface area contributed by atoms with Crippen LogP contribution in [0.15, 0.2) is 18.2 Å². The lowest BCUT2D eigenvalue weighted by molar-refractivity contribution is 0.321. The second-order valence-corrected chi connectivity index (χ2v) is 5.17. The normalized spacial score (nSPS) is 14.9. The zero-order chi connectivity index (χ0) is 13.0. The molecule has 1 aromatic rings. The van der Waals surface area contributed by atoms with Gasteiger partial charge in [-0.3, -0.25) is 0 Å². The van der Waals surface area contributed by atoms with Gasteiger partial charge >= 0.3 is 0 Å². The van der Waals surface area contributed by atoms with Gasteiger partial charge in [-0.1, -0.05) is 12.5 Å². The maximum atomic E-state index is 9.27. The summed E-state index contributed by atoms with van der Waals surface area (Å²) in [5, 5.41) is 12.4. The van der Waals surface area contributed by atoms with Crippen molar-refractivity contribution in [3.63, 3.8) is 0 Å². The van der Waals surface area contributed by atoms with Gasteiger partial charge in [-0.2, -0.15) is 5.26 Å². The number of nitriles is 1. The fraction of sp³-hybridized carbons (Fsp3) is 0.533. The number of rotatable bonds is 5. The quantitative estimate of drug-likeness (QED) is 0.863. The molecule has 1 aliphatic carbocycles. The standard InChI is InChI=1S/C15H21N3/c1-17-10-13-6-7-15(14(8-13)9-16)18(2)11-12-4-3-5-12/h6-8,12,17H,3-5,10-11H2,1-2H3. The van der Waals surface area contributed by atoms with E-state index in [2.05, 4.69) is 35.5 Å². The third-order valence-corrected chi connectivity index (χ3v) is 3.73. The summed E-state index contributed by atoms with van der Waals surface area (Å²) in [6, 6.07) is 8.48. The molecule has 96 valence electrons. The highest BCUT2D eigenvalue weighted by atomic mass is 15.1. The molecule has 0 saturated heterocycles. The Hall–Kier alpha value is -1.53. The van der Waals surface area contributed by atoms with Crippen molar-refractivity contribution < 1.29 is 0 Å². The van der Waals surface area contributed by atoms with Crippen molar-refractivity contribution in [2.45, 2.75) is 25.8 Å². The molecule has 18 heavy (non-hydrogen) atoms. The summed E-state index contributed by atoms with van der Waals surface area (Å²) in [7, 11) is 4.01. The van der Waals surface area contributed by atoms with E-state index < -0.39 is 0 Å². The van der Waals surface area contributed by atoms with E-state index in [0.717, 1.165) is 35.8 Å². The van der Waals surface area contributed by atoms with Crippen LogP contribution in [0, 0.1) is 17.2 Å². The Kier molecular flexibility index (Phi) is 4.22. The molecule has 2 rings (SSSR count). The summed E-state index contributed by atoms with van der Waals surface area (Å²) < 4.78 is 0. The number of hydrogen-bond donors (Lipinski definition) is 1. The molecule has 1 N–H and O–H groups in total. The molecule has 0 unspecified atom stereocenters. The predicted octanol–water partition coefficient (Wildman–Crippen LogP) is 2.51. The summed E-state index contributed by atoms with van der Waals surface area (Å²) in [5.41, 5.74) is 3.00. The van der Waals surface area contributed by atoms with Crippen LogP contribution in [0.4, 0.5) is 5.69 Å². The predicted molar refractivity (Wildman–Crippen MR) is 74.5 cm³/mol. The summed E-state index contributed by atoms with van der Waals surface area (Å²) in [5.74, 6) is 0.818. The SMILES string of the molecule is CNCc1ccc(N(C)CC2CCC2)c(C#N)c1. The first-order valence-corrected chi connectivity index (χ1v) is 6.63. The number of benzene rings is 1. The van der Waals surface area contributed by atoms with E-state index in [1.807, 2.05) is 13.1 Å². The molecule has 3 nitrogen and oxygen atoms in total. The minimum atomic E-state index is 0.782. The molecule has 0 aliphatic heterocycles. The smallest absolute Gasteiger partial charge is 0.101 e. The molecule has 1 saturated carbocycles. The summed E-state index contributed by atoms with van der Waals surface area (Å²) in [6.07, 6.45) is 4.04. The largest absolute Gasteiger partial charge is 0.373 e. The maximum absolute atomic E-state index is 9.27. The highest BCUT2D eigenvalue weighted by Gasteiger charge is 2.20. The Balaban J connectivity index is 2.13. The fourth-order valence-corrected chi connectivity index (χ4v) is 2.48. The van der Waals surface area contributed by atoms with Gasteiger partial charge in [0.1, 0.15) is 6.07 Å². The summed E-state index contributed by atoms with van der Waals surface area (Å²) in [6.45, 7) is 1.88. The van der Waals surface area contributed by atoms with Gasteiger partial charge in [0.05, 0.1) is 11.3 Å². The highest BCUT2D eigenvalue weighted by Crippen LogP contribution is 2.29. The molecule has 0 atom stereocenters. The van der Waals surface area contributed by atoms with Crippen LogP contribution in [0.5, 0.6) is 0 Å². The Morgan fingerprint density at radius 3 is 2.78 bits per heavy atom. The zero-order valence-corrected chi connectivity index (χ0v) is 11.2.